The second-order valence-electron chi connectivity index (χ2n) is 3.99. The molecule has 0 aliphatic carbocycles. The van der Waals surface area contributed by atoms with Crippen molar-refractivity contribution in [2.24, 2.45) is 5.73 Å². The maximum Gasteiger partial charge on any atom is 0.265 e. The number of amides is 2. The van der Waals surface area contributed by atoms with Gasteiger partial charge in [0.1, 0.15) is 11.8 Å². The molecule has 0 bridgehead atoms. The topological polar surface area (TPSA) is 72.6 Å². The highest BCUT2D eigenvalue weighted by molar-refractivity contribution is 6.31. The Balaban J connectivity index is 2.50. The summed E-state index contributed by atoms with van der Waals surface area (Å²) >= 11 is 5.91. The van der Waals surface area contributed by atoms with E-state index in [1.807, 2.05) is 0 Å². The highest BCUT2D eigenvalue weighted by Crippen LogP contribution is 2.36. The molecular formula is C12H13ClN2O3. The van der Waals surface area contributed by atoms with Gasteiger partial charge in [-0.1, -0.05) is 18.5 Å². The number of hydrogen-bond acceptors (Lipinski definition) is 3. The van der Waals surface area contributed by atoms with Gasteiger partial charge in [0.2, 0.25) is 5.91 Å². The fourth-order valence-electron chi connectivity index (χ4n) is 2.00. The number of halogens is 1. The average molecular weight is 269 g/mol. The van der Waals surface area contributed by atoms with Gasteiger partial charge in [0, 0.05) is 5.02 Å². The van der Waals surface area contributed by atoms with Crippen molar-refractivity contribution >= 4 is 29.1 Å². The van der Waals surface area contributed by atoms with Crippen LogP contribution in [-0.4, -0.2) is 24.5 Å². The number of nitrogens with zero attached hydrogens (tertiary/aromatic N) is 1. The van der Waals surface area contributed by atoms with E-state index < -0.39 is 11.9 Å². The van der Waals surface area contributed by atoms with E-state index in [1.54, 1.807) is 25.1 Å². The van der Waals surface area contributed by atoms with Crippen LogP contribution in [0.2, 0.25) is 5.02 Å². The van der Waals surface area contributed by atoms with Crippen molar-refractivity contribution in [3.05, 3.63) is 23.2 Å². The lowest BCUT2D eigenvalue weighted by Gasteiger charge is -2.33. The molecule has 5 nitrogen and oxygen atoms in total. The van der Waals surface area contributed by atoms with Crippen molar-refractivity contribution in [2.75, 3.05) is 11.5 Å². The maximum absolute atomic E-state index is 11.9. The van der Waals surface area contributed by atoms with E-state index in [9.17, 15) is 9.59 Å². The molecule has 0 spiro atoms. The van der Waals surface area contributed by atoms with E-state index >= 15 is 0 Å². The smallest absolute Gasteiger partial charge is 0.265 e. The average Bonchev–Trinajstić information content (AvgIpc) is 2.32. The van der Waals surface area contributed by atoms with Crippen LogP contribution in [0.3, 0.4) is 0 Å². The van der Waals surface area contributed by atoms with Gasteiger partial charge in [-0.3, -0.25) is 14.5 Å². The van der Waals surface area contributed by atoms with Crippen molar-refractivity contribution < 1.29 is 14.3 Å². The predicted molar refractivity (Wildman–Crippen MR) is 67.7 cm³/mol. The number of fused-ring (bicyclic) bond motifs is 1. The van der Waals surface area contributed by atoms with Gasteiger partial charge in [0.25, 0.3) is 5.91 Å². The lowest BCUT2D eigenvalue weighted by Crippen LogP contribution is -2.51. The number of nitrogens with two attached hydrogens (primary N) is 1. The highest BCUT2D eigenvalue weighted by Gasteiger charge is 2.33. The first-order valence-corrected chi connectivity index (χ1v) is 5.96. The van der Waals surface area contributed by atoms with Crippen LogP contribution in [0.1, 0.15) is 13.3 Å². The molecule has 0 saturated heterocycles. The van der Waals surface area contributed by atoms with Gasteiger partial charge < -0.3 is 10.5 Å². The number of ether oxygens (including phenoxy) is 1. The Morgan fingerprint density at radius 2 is 2.33 bits per heavy atom. The van der Waals surface area contributed by atoms with E-state index in [4.69, 9.17) is 22.1 Å². The van der Waals surface area contributed by atoms with Crippen molar-refractivity contribution in [2.45, 2.75) is 19.4 Å². The minimum absolute atomic E-state index is 0.0988. The summed E-state index contributed by atoms with van der Waals surface area (Å²) in [7, 11) is 0. The minimum atomic E-state index is -0.682. The van der Waals surface area contributed by atoms with E-state index in [2.05, 4.69) is 0 Å². The zero-order chi connectivity index (χ0) is 13.3. The molecule has 2 N–H and O–H groups in total. The minimum Gasteiger partial charge on any atom is -0.482 e. The molecule has 1 aromatic carbocycles. The van der Waals surface area contributed by atoms with Crippen molar-refractivity contribution in [1.29, 1.82) is 0 Å². The molecule has 96 valence electrons. The lowest BCUT2D eigenvalue weighted by atomic mass is 10.1. The van der Waals surface area contributed by atoms with Gasteiger partial charge in [0.15, 0.2) is 6.61 Å². The summed E-state index contributed by atoms with van der Waals surface area (Å²) in [6, 6.07) is 4.25. The molecule has 0 radical (unpaired) electrons. The zero-order valence-corrected chi connectivity index (χ0v) is 10.6. The Hall–Kier alpha value is -1.75. The SMILES string of the molecule is CCC(C(N)=O)N1C(=O)COc2ccc(Cl)cc21. The second-order valence-corrected chi connectivity index (χ2v) is 4.43. The van der Waals surface area contributed by atoms with E-state index in [0.717, 1.165) is 0 Å². The Kier molecular flexibility index (Phi) is 3.43. The summed E-state index contributed by atoms with van der Waals surface area (Å²) in [6.07, 6.45) is 0.438. The van der Waals surface area contributed by atoms with Gasteiger partial charge >= 0.3 is 0 Å². The molecule has 0 aromatic heterocycles. The van der Waals surface area contributed by atoms with Gasteiger partial charge in [-0.2, -0.15) is 0 Å². The summed E-state index contributed by atoms with van der Waals surface area (Å²) in [5.41, 5.74) is 5.82. The molecule has 0 fully saturated rings. The van der Waals surface area contributed by atoms with Crippen LogP contribution in [0.25, 0.3) is 0 Å². The number of carbonyl (C=O) groups excluding carboxylic acids is 2. The molecule has 1 aromatic rings. The van der Waals surface area contributed by atoms with Crippen molar-refractivity contribution in [3.8, 4) is 5.75 Å². The first-order valence-electron chi connectivity index (χ1n) is 5.58. The van der Waals surface area contributed by atoms with Crippen molar-refractivity contribution in [1.82, 2.24) is 0 Å². The van der Waals surface area contributed by atoms with Gasteiger partial charge in [-0.25, -0.2) is 0 Å². The molecule has 0 saturated carbocycles. The fraction of sp³-hybridized carbons (Fsp3) is 0.333. The molecule has 1 aliphatic heterocycles. The maximum atomic E-state index is 11.9. The van der Waals surface area contributed by atoms with Gasteiger partial charge in [-0.05, 0) is 24.6 Å². The number of benzene rings is 1. The predicted octanol–water partition coefficient (Wildman–Crippen LogP) is 1.33. The third-order valence-electron chi connectivity index (χ3n) is 2.83. The van der Waals surface area contributed by atoms with Crippen LogP contribution < -0.4 is 15.4 Å². The largest absolute Gasteiger partial charge is 0.482 e. The summed E-state index contributed by atoms with van der Waals surface area (Å²) in [5, 5.41) is 0.469. The summed E-state index contributed by atoms with van der Waals surface area (Å²) < 4.78 is 5.29. The molecule has 1 atom stereocenters. The molecule has 18 heavy (non-hydrogen) atoms. The van der Waals surface area contributed by atoms with Crippen LogP contribution in [0.15, 0.2) is 18.2 Å². The zero-order valence-electron chi connectivity index (χ0n) is 9.85. The molecule has 6 heteroatoms. The number of primary amides is 1. The Morgan fingerprint density at radius 1 is 1.61 bits per heavy atom. The highest BCUT2D eigenvalue weighted by atomic mass is 35.5. The standard InChI is InChI=1S/C12H13ClN2O3/c1-2-8(12(14)17)15-9-5-7(13)3-4-10(9)18-6-11(15)16/h3-5,8H,2,6H2,1H3,(H2,14,17). The van der Waals surface area contributed by atoms with Crippen LogP contribution in [0.4, 0.5) is 5.69 Å². The normalized spacial score (nSPS) is 15.9. The Labute approximate surface area is 109 Å². The van der Waals surface area contributed by atoms with Gasteiger partial charge in [-0.15, -0.1) is 0 Å². The third-order valence-corrected chi connectivity index (χ3v) is 3.06. The third kappa shape index (κ3) is 2.13. The molecule has 2 amide bonds. The van der Waals surface area contributed by atoms with E-state index in [0.29, 0.717) is 22.9 Å². The first kappa shape index (κ1) is 12.7. The van der Waals surface area contributed by atoms with Crippen LogP contribution in [-0.2, 0) is 9.59 Å². The fourth-order valence-corrected chi connectivity index (χ4v) is 2.16. The quantitative estimate of drug-likeness (QED) is 0.899. The summed E-state index contributed by atoms with van der Waals surface area (Å²) in [6.45, 7) is 1.70. The van der Waals surface area contributed by atoms with Crippen LogP contribution >= 0.6 is 11.6 Å². The first-order chi connectivity index (χ1) is 8.54. The molecule has 1 heterocycles. The molecular weight excluding hydrogens is 256 g/mol. The molecule has 1 unspecified atom stereocenters. The Morgan fingerprint density at radius 3 is 2.94 bits per heavy atom. The second kappa shape index (κ2) is 4.86. The molecule has 1 aliphatic rings. The van der Waals surface area contributed by atoms with E-state index in [1.165, 1.54) is 4.90 Å². The number of rotatable bonds is 3. The van der Waals surface area contributed by atoms with Crippen LogP contribution in [0, 0.1) is 0 Å². The molecule has 2 rings (SSSR count). The number of carbonyl (C=O) groups is 2. The summed E-state index contributed by atoms with van der Waals surface area (Å²) in [4.78, 5) is 24.7. The summed E-state index contributed by atoms with van der Waals surface area (Å²) in [5.74, 6) is -0.312. The Bertz CT molecular complexity index is 504. The number of anilines is 1. The van der Waals surface area contributed by atoms with Crippen molar-refractivity contribution in [3.63, 3.8) is 0 Å². The van der Waals surface area contributed by atoms with Gasteiger partial charge in [0.05, 0.1) is 5.69 Å². The van der Waals surface area contributed by atoms with Crippen LogP contribution in [0.5, 0.6) is 5.75 Å². The number of hydrogen-bond donors (Lipinski definition) is 1. The lowest BCUT2D eigenvalue weighted by molar-refractivity contribution is -0.126. The van der Waals surface area contributed by atoms with E-state index in [-0.39, 0.29) is 12.5 Å². The monoisotopic (exact) mass is 268 g/mol.